The second-order valence-corrected chi connectivity index (χ2v) is 5.78. The Morgan fingerprint density at radius 2 is 2.04 bits per heavy atom. The molecule has 1 atom stereocenters. The number of nitrogens with one attached hydrogen (secondary N) is 2. The molecule has 1 aliphatic heterocycles. The second kappa shape index (κ2) is 7.23. The number of anilines is 1. The maximum absolute atomic E-state index is 12.2. The van der Waals surface area contributed by atoms with E-state index in [9.17, 15) is 4.79 Å². The van der Waals surface area contributed by atoms with Gasteiger partial charge in [-0.15, -0.1) is 0 Å². The van der Waals surface area contributed by atoms with Crippen LogP contribution in [0, 0.1) is 0 Å². The monoisotopic (exact) mass is 329 g/mol. The molecule has 24 heavy (non-hydrogen) atoms. The minimum Gasteiger partial charge on any atom is -0.497 e. The van der Waals surface area contributed by atoms with Crippen molar-refractivity contribution in [3.8, 4) is 17.2 Å². The van der Waals surface area contributed by atoms with Gasteiger partial charge in [0.1, 0.15) is 12.3 Å². The Morgan fingerprint density at radius 3 is 2.88 bits per heavy atom. The average Bonchev–Trinajstić information content (AvgIpc) is 3.02. The van der Waals surface area contributed by atoms with E-state index in [2.05, 4.69) is 5.32 Å². The number of amides is 1. The van der Waals surface area contributed by atoms with Gasteiger partial charge in [0.15, 0.2) is 18.0 Å². The lowest BCUT2D eigenvalue weighted by molar-refractivity contribution is -0.885. The molecule has 0 fully saturated rings. The van der Waals surface area contributed by atoms with Gasteiger partial charge in [0.25, 0.3) is 5.91 Å². The number of carbonyl (C=O) groups excluding carboxylic acids is 1. The minimum atomic E-state index is -0.0403. The summed E-state index contributed by atoms with van der Waals surface area (Å²) in [4.78, 5) is 13.3. The maximum atomic E-state index is 12.2. The predicted molar refractivity (Wildman–Crippen MR) is 89.6 cm³/mol. The van der Waals surface area contributed by atoms with Gasteiger partial charge in [0, 0.05) is 17.3 Å². The molecule has 1 amide bonds. The van der Waals surface area contributed by atoms with Crippen LogP contribution in [0.15, 0.2) is 42.5 Å². The zero-order valence-electron chi connectivity index (χ0n) is 13.8. The largest absolute Gasteiger partial charge is 0.497 e. The van der Waals surface area contributed by atoms with Crippen molar-refractivity contribution in [2.75, 3.05) is 32.8 Å². The van der Waals surface area contributed by atoms with Crippen LogP contribution < -0.4 is 24.4 Å². The SMILES string of the molecule is COc1cccc(NC(=O)C[NH+](C)Cc2ccc3c(c2)OCO3)c1. The number of fused-ring (bicyclic) bond motifs is 1. The lowest BCUT2D eigenvalue weighted by Gasteiger charge is -2.14. The van der Waals surface area contributed by atoms with Gasteiger partial charge in [-0.3, -0.25) is 4.79 Å². The van der Waals surface area contributed by atoms with E-state index in [0.717, 1.165) is 34.2 Å². The highest BCUT2D eigenvalue weighted by Crippen LogP contribution is 2.32. The van der Waals surface area contributed by atoms with Crippen molar-refractivity contribution in [2.45, 2.75) is 6.54 Å². The molecule has 0 saturated heterocycles. The van der Waals surface area contributed by atoms with Crippen LogP contribution in [-0.2, 0) is 11.3 Å². The third-order valence-corrected chi connectivity index (χ3v) is 3.76. The molecule has 0 aliphatic carbocycles. The number of quaternary nitrogens is 1. The molecule has 3 rings (SSSR count). The van der Waals surface area contributed by atoms with E-state index in [1.54, 1.807) is 13.2 Å². The Hall–Kier alpha value is -2.73. The third-order valence-electron chi connectivity index (χ3n) is 3.76. The van der Waals surface area contributed by atoms with Crippen LogP contribution in [0.4, 0.5) is 5.69 Å². The van der Waals surface area contributed by atoms with Crippen molar-refractivity contribution in [1.29, 1.82) is 0 Å². The molecule has 0 aromatic heterocycles. The highest BCUT2D eigenvalue weighted by Gasteiger charge is 2.16. The summed E-state index contributed by atoms with van der Waals surface area (Å²) in [5.41, 5.74) is 1.83. The van der Waals surface area contributed by atoms with Gasteiger partial charge in [-0.05, 0) is 30.3 Å². The first-order valence-electron chi connectivity index (χ1n) is 7.78. The van der Waals surface area contributed by atoms with Crippen LogP contribution in [0.25, 0.3) is 0 Å². The zero-order chi connectivity index (χ0) is 16.9. The van der Waals surface area contributed by atoms with Crippen molar-refractivity contribution < 1.29 is 23.9 Å². The lowest BCUT2D eigenvalue weighted by atomic mass is 10.2. The summed E-state index contributed by atoms with van der Waals surface area (Å²) in [6, 6.07) is 13.2. The Bertz CT molecular complexity index is 733. The molecule has 6 heteroatoms. The number of carbonyl (C=O) groups is 1. The van der Waals surface area contributed by atoms with Gasteiger partial charge in [-0.2, -0.15) is 0 Å². The van der Waals surface area contributed by atoms with Crippen molar-refractivity contribution in [3.63, 3.8) is 0 Å². The highest BCUT2D eigenvalue weighted by atomic mass is 16.7. The summed E-state index contributed by atoms with van der Waals surface area (Å²) < 4.78 is 15.8. The topological polar surface area (TPSA) is 61.2 Å². The molecule has 0 spiro atoms. The first-order valence-corrected chi connectivity index (χ1v) is 7.78. The smallest absolute Gasteiger partial charge is 0.279 e. The van der Waals surface area contributed by atoms with Crippen LogP contribution in [0.2, 0.25) is 0 Å². The molecule has 1 heterocycles. The number of likely N-dealkylation sites (N-methyl/N-ethyl adjacent to an activating group) is 1. The van der Waals surface area contributed by atoms with Crippen LogP contribution in [0.3, 0.4) is 0 Å². The molecule has 0 radical (unpaired) electrons. The number of hydrogen-bond donors (Lipinski definition) is 2. The fourth-order valence-electron chi connectivity index (χ4n) is 2.64. The zero-order valence-corrected chi connectivity index (χ0v) is 13.8. The number of ether oxygens (including phenoxy) is 3. The summed E-state index contributed by atoms with van der Waals surface area (Å²) in [6.07, 6.45) is 0. The van der Waals surface area contributed by atoms with Crippen LogP contribution in [0.5, 0.6) is 17.2 Å². The number of rotatable bonds is 6. The Labute approximate surface area is 140 Å². The van der Waals surface area contributed by atoms with Crippen molar-refractivity contribution in [3.05, 3.63) is 48.0 Å². The van der Waals surface area contributed by atoms with Gasteiger partial charge >= 0.3 is 0 Å². The second-order valence-electron chi connectivity index (χ2n) is 5.78. The van der Waals surface area contributed by atoms with Crippen LogP contribution in [0.1, 0.15) is 5.56 Å². The minimum absolute atomic E-state index is 0.0403. The molecule has 2 aromatic rings. The van der Waals surface area contributed by atoms with E-state index in [1.165, 1.54) is 0 Å². The highest BCUT2D eigenvalue weighted by molar-refractivity contribution is 5.91. The Balaban J connectivity index is 1.54. The fraction of sp³-hybridized carbons (Fsp3) is 0.278. The lowest BCUT2D eigenvalue weighted by Crippen LogP contribution is -3.08. The molecule has 126 valence electrons. The number of benzene rings is 2. The molecule has 2 N–H and O–H groups in total. The van der Waals surface area contributed by atoms with Crippen LogP contribution in [-0.4, -0.2) is 33.4 Å². The van der Waals surface area contributed by atoms with E-state index in [-0.39, 0.29) is 12.7 Å². The molecule has 0 saturated carbocycles. The van der Waals surface area contributed by atoms with E-state index < -0.39 is 0 Å². The molecular weight excluding hydrogens is 308 g/mol. The van der Waals surface area contributed by atoms with Crippen molar-refractivity contribution in [2.24, 2.45) is 0 Å². The van der Waals surface area contributed by atoms with Gasteiger partial charge in [-0.25, -0.2) is 0 Å². The Kier molecular flexibility index (Phi) is 4.86. The molecule has 2 aromatic carbocycles. The van der Waals surface area contributed by atoms with Gasteiger partial charge in [-0.1, -0.05) is 6.07 Å². The first kappa shape index (κ1) is 16.1. The predicted octanol–water partition coefficient (Wildman–Crippen LogP) is 1.08. The summed E-state index contributed by atoms with van der Waals surface area (Å²) >= 11 is 0. The van der Waals surface area contributed by atoms with E-state index in [4.69, 9.17) is 14.2 Å². The van der Waals surface area contributed by atoms with Crippen molar-refractivity contribution in [1.82, 2.24) is 0 Å². The Morgan fingerprint density at radius 1 is 1.21 bits per heavy atom. The van der Waals surface area contributed by atoms with E-state index in [0.29, 0.717) is 12.3 Å². The van der Waals surface area contributed by atoms with Crippen LogP contribution >= 0.6 is 0 Å². The first-order chi connectivity index (χ1) is 11.6. The molecule has 1 unspecified atom stereocenters. The van der Waals surface area contributed by atoms with Gasteiger partial charge in [0.2, 0.25) is 6.79 Å². The molecular formula is C18H21N2O4+. The standard InChI is InChI=1S/C18H20N2O4/c1-20(10-13-6-7-16-17(8-13)24-12-23-16)11-18(21)19-14-4-3-5-15(9-14)22-2/h3-9H,10-12H2,1-2H3,(H,19,21)/p+1. The van der Waals surface area contributed by atoms with Crippen molar-refractivity contribution >= 4 is 11.6 Å². The summed E-state index contributed by atoms with van der Waals surface area (Å²) in [6.45, 7) is 1.36. The quantitative estimate of drug-likeness (QED) is 0.832. The molecule has 1 aliphatic rings. The molecule has 6 nitrogen and oxygen atoms in total. The number of methoxy groups -OCH3 is 1. The normalized spacial score (nSPS) is 13.4. The molecule has 0 bridgehead atoms. The van der Waals surface area contributed by atoms with E-state index in [1.807, 2.05) is 43.4 Å². The summed E-state index contributed by atoms with van der Waals surface area (Å²) in [5.74, 6) is 2.21. The van der Waals surface area contributed by atoms with E-state index >= 15 is 0 Å². The van der Waals surface area contributed by atoms with Gasteiger partial charge < -0.3 is 24.4 Å². The number of hydrogen-bond acceptors (Lipinski definition) is 4. The summed E-state index contributed by atoms with van der Waals surface area (Å²) in [7, 11) is 3.58. The third kappa shape index (κ3) is 3.97. The fourth-order valence-corrected chi connectivity index (χ4v) is 2.64. The average molecular weight is 329 g/mol. The van der Waals surface area contributed by atoms with Gasteiger partial charge in [0.05, 0.1) is 14.2 Å². The summed E-state index contributed by atoms with van der Waals surface area (Å²) in [5, 5.41) is 2.89. The maximum Gasteiger partial charge on any atom is 0.279 e.